The molecule has 62 valence electrons. The summed E-state index contributed by atoms with van der Waals surface area (Å²) in [5.41, 5.74) is 1.29. The predicted octanol–water partition coefficient (Wildman–Crippen LogP) is 2.77. The van der Waals surface area contributed by atoms with Gasteiger partial charge >= 0.3 is 0 Å². The van der Waals surface area contributed by atoms with Crippen LogP contribution in [0, 0.1) is 5.92 Å². The van der Waals surface area contributed by atoms with Crippen molar-refractivity contribution >= 4 is 0 Å². The first-order chi connectivity index (χ1) is 5.77. The number of benzene rings is 1. The topological polar surface area (TPSA) is 9.23 Å². The van der Waals surface area contributed by atoms with Crippen LogP contribution in [0.15, 0.2) is 36.6 Å². The van der Waals surface area contributed by atoms with Crippen molar-refractivity contribution in [3.8, 4) is 5.75 Å². The summed E-state index contributed by atoms with van der Waals surface area (Å²) < 4.78 is 5.55. The lowest BCUT2D eigenvalue weighted by Gasteiger charge is -2.23. The van der Waals surface area contributed by atoms with Gasteiger partial charge in [0.05, 0.1) is 0 Å². The second kappa shape index (κ2) is 2.67. The molecule has 1 heterocycles. The molecule has 0 radical (unpaired) electrons. The Labute approximate surface area is 72.7 Å². The van der Waals surface area contributed by atoms with Crippen molar-refractivity contribution in [3.63, 3.8) is 0 Å². The summed E-state index contributed by atoms with van der Waals surface area (Å²) in [6, 6.07) is 8.13. The molecule has 1 aromatic carbocycles. The van der Waals surface area contributed by atoms with E-state index in [2.05, 4.69) is 19.6 Å². The molecule has 1 aliphatic rings. The van der Waals surface area contributed by atoms with Crippen LogP contribution >= 0.6 is 0 Å². The normalized spacial score (nSPS) is 21.4. The third kappa shape index (κ3) is 1.11. The fraction of sp³-hybridized carbons (Fsp3) is 0.273. The Balaban J connectivity index is 2.40. The Morgan fingerprint density at radius 3 is 3.00 bits per heavy atom. The van der Waals surface area contributed by atoms with Crippen LogP contribution in [-0.2, 0) is 6.42 Å². The average Bonchev–Trinajstić information content (AvgIpc) is 2.07. The zero-order valence-corrected chi connectivity index (χ0v) is 7.21. The number of fused-ring (bicyclic) bond motifs is 1. The molecular formula is C11H12O. The van der Waals surface area contributed by atoms with Crippen molar-refractivity contribution in [1.29, 1.82) is 0 Å². The van der Waals surface area contributed by atoms with E-state index < -0.39 is 0 Å². The molecule has 0 amide bonds. The molecule has 0 saturated heterocycles. The smallest absolute Gasteiger partial charge is 0.130 e. The molecule has 0 bridgehead atoms. The van der Waals surface area contributed by atoms with Gasteiger partial charge in [0.15, 0.2) is 0 Å². The molecule has 0 spiro atoms. The average molecular weight is 160 g/mol. The summed E-state index contributed by atoms with van der Waals surface area (Å²) in [4.78, 5) is 0. The van der Waals surface area contributed by atoms with Crippen LogP contribution in [-0.4, -0.2) is 0 Å². The highest BCUT2D eigenvalue weighted by Gasteiger charge is 2.18. The molecule has 0 saturated carbocycles. The number of hydrogen-bond donors (Lipinski definition) is 0. The van der Waals surface area contributed by atoms with Gasteiger partial charge in [0.1, 0.15) is 11.5 Å². The highest BCUT2D eigenvalue weighted by molar-refractivity contribution is 5.37. The van der Waals surface area contributed by atoms with Crippen LogP contribution in [0.1, 0.15) is 12.5 Å². The molecule has 1 aromatic rings. The summed E-state index contributed by atoms with van der Waals surface area (Å²) in [5, 5.41) is 0. The monoisotopic (exact) mass is 160 g/mol. The Morgan fingerprint density at radius 2 is 2.17 bits per heavy atom. The van der Waals surface area contributed by atoms with Crippen LogP contribution < -0.4 is 4.74 Å². The van der Waals surface area contributed by atoms with E-state index in [0.29, 0.717) is 5.92 Å². The van der Waals surface area contributed by atoms with Crippen molar-refractivity contribution in [3.05, 3.63) is 42.2 Å². The molecule has 0 aromatic heterocycles. The molecule has 1 heteroatoms. The number of allylic oxidation sites excluding steroid dienone is 1. The summed E-state index contributed by atoms with van der Waals surface area (Å²) in [7, 11) is 0. The van der Waals surface area contributed by atoms with Gasteiger partial charge in [0.2, 0.25) is 0 Å². The van der Waals surface area contributed by atoms with Gasteiger partial charge in [0.25, 0.3) is 0 Å². The summed E-state index contributed by atoms with van der Waals surface area (Å²) in [5.74, 6) is 2.30. The number of hydrogen-bond acceptors (Lipinski definition) is 1. The number of para-hydroxylation sites is 1. The molecule has 1 aliphatic heterocycles. The molecule has 12 heavy (non-hydrogen) atoms. The fourth-order valence-corrected chi connectivity index (χ4v) is 1.46. The van der Waals surface area contributed by atoms with Gasteiger partial charge in [-0.1, -0.05) is 31.7 Å². The largest absolute Gasteiger partial charge is 0.462 e. The zero-order valence-electron chi connectivity index (χ0n) is 7.21. The summed E-state index contributed by atoms with van der Waals surface area (Å²) in [6.45, 7) is 6.01. The molecule has 1 nitrogen and oxygen atoms in total. The third-order valence-electron chi connectivity index (χ3n) is 2.29. The quantitative estimate of drug-likeness (QED) is 0.567. The molecular weight excluding hydrogens is 148 g/mol. The summed E-state index contributed by atoms with van der Waals surface area (Å²) in [6.07, 6.45) is 1.05. The second-order valence-corrected chi connectivity index (χ2v) is 3.28. The molecule has 0 fully saturated rings. The van der Waals surface area contributed by atoms with Crippen LogP contribution in [0.25, 0.3) is 0 Å². The highest BCUT2D eigenvalue weighted by atomic mass is 16.5. The van der Waals surface area contributed by atoms with Gasteiger partial charge in [-0.15, -0.1) is 0 Å². The van der Waals surface area contributed by atoms with Crippen LogP contribution in [0.5, 0.6) is 5.75 Å². The fourth-order valence-electron chi connectivity index (χ4n) is 1.46. The predicted molar refractivity (Wildman–Crippen MR) is 49.1 cm³/mol. The molecule has 1 unspecified atom stereocenters. The van der Waals surface area contributed by atoms with Gasteiger partial charge in [0, 0.05) is 5.92 Å². The number of rotatable bonds is 0. The van der Waals surface area contributed by atoms with E-state index in [1.54, 1.807) is 0 Å². The highest BCUT2D eigenvalue weighted by Crippen LogP contribution is 2.31. The third-order valence-corrected chi connectivity index (χ3v) is 2.29. The molecule has 0 aliphatic carbocycles. The molecule has 1 atom stereocenters. The molecule has 2 rings (SSSR count). The summed E-state index contributed by atoms with van der Waals surface area (Å²) >= 11 is 0. The first kappa shape index (κ1) is 7.41. The minimum absolute atomic E-state index is 0.444. The van der Waals surface area contributed by atoms with Crippen molar-refractivity contribution in [2.45, 2.75) is 13.3 Å². The Kier molecular flexibility index (Phi) is 1.65. The van der Waals surface area contributed by atoms with Gasteiger partial charge < -0.3 is 4.74 Å². The first-order valence-corrected chi connectivity index (χ1v) is 4.22. The van der Waals surface area contributed by atoms with E-state index in [1.165, 1.54) is 5.56 Å². The van der Waals surface area contributed by atoms with Crippen molar-refractivity contribution in [2.75, 3.05) is 0 Å². The minimum atomic E-state index is 0.444. The maximum atomic E-state index is 5.55. The van der Waals surface area contributed by atoms with Gasteiger partial charge in [-0.2, -0.15) is 0 Å². The van der Waals surface area contributed by atoms with Crippen LogP contribution in [0.4, 0.5) is 0 Å². The van der Waals surface area contributed by atoms with E-state index in [9.17, 15) is 0 Å². The second-order valence-electron chi connectivity index (χ2n) is 3.28. The Hall–Kier alpha value is -1.24. The lowest BCUT2D eigenvalue weighted by atomic mass is 9.96. The maximum absolute atomic E-state index is 5.55. The van der Waals surface area contributed by atoms with Crippen LogP contribution in [0.2, 0.25) is 0 Å². The van der Waals surface area contributed by atoms with Crippen molar-refractivity contribution in [2.24, 2.45) is 5.92 Å². The van der Waals surface area contributed by atoms with Crippen molar-refractivity contribution < 1.29 is 4.74 Å². The van der Waals surface area contributed by atoms with E-state index >= 15 is 0 Å². The van der Waals surface area contributed by atoms with E-state index in [4.69, 9.17) is 4.74 Å². The molecule has 0 N–H and O–H groups in total. The Morgan fingerprint density at radius 1 is 1.42 bits per heavy atom. The van der Waals surface area contributed by atoms with Gasteiger partial charge in [-0.25, -0.2) is 0 Å². The Bertz CT molecular complexity index is 315. The van der Waals surface area contributed by atoms with Crippen LogP contribution in [0.3, 0.4) is 0 Å². The lowest BCUT2D eigenvalue weighted by molar-refractivity contribution is 0.329. The van der Waals surface area contributed by atoms with Gasteiger partial charge in [-0.3, -0.25) is 0 Å². The maximum Gasteiger partial charge on any atom is 0.130 e. The van der Waals surface area contributed by atoms with Crippen molar-refractivity contribution in [1.82, 2.24) is 0 Å². The lowest BCUT2D eigenvalue weighted by Crippen LogP contribution is -2.14. The van der Waals surface area contributed by atoms with Gasteiger partial charge in [-0.05, 0) is 18.1 Å². The minimum Gasteiger partial charge on any atom is -0.462 e. The van der Waals surface area contributed by atoms with E-state index in [1.807, 2.05) is 18.2 Å². The first-order valence-electron chi connectivity index (χ1n) is 4.22. The van der Waals surface area contributed by atoms with E-state index in [0.717, 1.165) is 17.9 Å². The zero-order chi connectivity index (χ0) is 8.55. The van der Waals surface area contributed by atoms with E-state index in [-0.39, 0.29) is 0 Å². The number of ether oxygens (including phenoxy) is 1. The SMILES string of the molecule is C=C1Oc2ccccc2CC1C. The standard InChI is InChI=1S/C11H12O/c1-8-7-10-5-3-4-6-11(10)12-9(8)2/h3-6,8H,2,7H2,1H3.